The van der Waals surface area contributed by atoms with Crippen molar-refractivity contribution < 1.29 is 17.9 Å². The van der Waals surface area contributed by atoms with Crippen LogP contribution in [0.2, 0.25) is 5.02 Å². The minimum absolute atomic E-state index is 0.0565. The molecule has 39 heavy (non-hydrogen) atoms. The average Bonchev–Trinajstić information content (AvgIpc) is 3.21. The number of nitrogens with zero attached hydrogens (tertiary/aromatic N) is 3. The molecule has 4 rings (SSSR count). The Labute approximate surface area is 233 Å². The first kappa shape index (κ1) is 27.9. The van der Waals surface area contributed by atoms with E-state index in [-0.39, 0.29) is 10.6 Å². The quantitative estimate of drug-likeness (QED) is 0.203. The fourth-order valence-corrected chi connectivity index (χ4v) is 5.87. The van der Waals surface area contributed by atoms with Crippen LogP contribution in [-0.2, 0) is 14.8 Å². The molecule has 0 spiro atoms. The van der Waals surface area contributed by atoms with E-state index in [1.165, 1.54) is 18.3 Å². The molecule has 0 radical (unpaired) electrons. The van der Waals surface area contributed by atoms with Crippen molar-refractivity contribution in [3.05, 3.63) is 107 Å². The largest absolute Gasteiger partial charge is 0.492 e. The van der Waals surface area contributed by atoms with Gasteiger partial charge in [0, 0.05) is 27.7 Å². The van der Waals surface area contributed by atoms with Gasteiger partial charge in [-0.2, -0.15) is 5.10 Å². The van der Waals surface area contributed by atoms with Crippen LogP contribution < -0.4 is 14.5 Å². The van der Waals surface area contributed by atoms with Gasteiger partial charge >= 0.3 is 0 Å². The van der Waals surface area contributed by atoms with E-state index in [0.717, 1.165) is 26.9 Å². The number of benzene rings is 3. The molecule has 0 saturated carbocycles. The molecule has 10 heteroatoms. The van der Waals surface area contributed by atoms with E-state index < -0.39 is 22.5 Å². The molecule has 1 heterocycles. The molecular weight excluding hydrogens is 536 g/mol. The van der Waals surface area contributed by atoms with Crippen LogP contribution in [0.4, 0.5) is 5.69 Å². The average molecular weight is 565 g/mol. The van der Waals surface area contributed by atoms with Gasteiger partial charge < -0.3 is 9.30 Å². The fraction of sp³-hybridized carbons (Fsp3) is 0.172. The van der Waals surface area contributed by atoms with Gasteiger partial charge in [-0.25, -0.2) is 13.8 Å². The van der Waals surface area contributed by atoms with E-state index in [1.54, 1.807) is 49.4 Å². The number of hydrogen-bond donors (Lipinski definition) is 1. The molecule has 3 aromatic carbocycles. The zero-order valence-corrected chi connectivity index (χ0v) is 23.4. The summed E-state index contributed by atoms with van der Waals surface area (Å²) in [7, 11) is -4.08. The molecule has 4 aromatic rings. The van der Waals surface area contributed by atoms with Gasteiger partial charge in [0.15, 0.2) is 0 Å². The Morgan fingerprint density at radius 2 is 1.74 bits per heavy atom. The highest BCUT2D eigenvalue weighted by Gasteiger charge is 2.29. The minimum atomic E-state index is -4.08. The van der Waals surface area contributed by atoms with Gasteiger partial charge in [-0.05, 0) is 69.3 Å². The molecule has 1 aromatic heterocycles. The van der Waals surface area contributed by atoms with Gasteiger partial charge in [-0.1, -0.05) is 48.0 Å². The van der Waals surface area contributed by atoms with Crippen LogP contribution in [0.5, 0.6) is 5.75 Å². The molecule has 0 bridgehead atoms. The third-order valence-electron chi connectivity index (χ3n) is 5.98. The Balaban J connectivity index is 1.58. The number of hydrazone groups is 1. The predicted molar refractivity (Wildman–Crippen MR) is 155 cm³/mol. The maximum absolute atomic E-state index is 13.6. The second-order valence-corrected chi connectivity index (χ2v) is 11.0. The summed E-state index contributed by atoms with van der Waals surface area (Å²) in [4.78, 5) is 13.0. The molecule has 1 N–H and O–H groups in total. The minimum Gasteiger partial charge on any atom is -0.492 e. The number of halogens is 1. The molecule has 1 amide bonds. The van der Waals surface area contributed by atoms with Gasteiger partial charge in [0.05, 0.1) is 23.4 Å². The Morgan fingerprint density at radius 3 is 2.46 bits per heavy atom. The van der Waals surface area contributed by atoms with Crippen LogP contribution in [0.3, 0.4) is 0 Å². The monoisotopic (exact) mass is 564 g/mol. The van der Waals surface area contributed by atoms with Crippen molar-refractivity contribution >= 4 is 39.4 Å². The number of sulfonamides is 1. The number of carbonyl (C=O) groups excluding carboxylic acids is 1. The molecule has 0 aliphatic rings. The molecule has 0 saturated heterocycles. The highest BCUT2D eigenvalue weighted by molar-refractivity contribution is 7.92. The summed E-state index contributed by atoms with van der Waals surface area (Å²) in [5.41, 5.74) is 6.31. The lowest BCUT2D eigenvalue weighted by molar-refractivity contribution is -0.119. The molecule has 0 fully saturated rings. The molecule has 0 unspecified atom stereocenters. The summed E-state index contributed by atoms with van der Waals surface area (Å²) < 4.78 is 35.9. The first-order valence-electron chi connectivity index (χ1n) is 12.3. The van der Waals surface area contributed by atoms with Gasteiger partial charge in [-0.3, -0.25) is 9.10 Å². The van der Waals surface area contributed by atoms with E-state index in [4.69, 9.17) is 16.3 Å². The normalized spacial score (nSPS) is 11.5. The van der Waals surface area contributed by atoms with E-state index in [9.17, 15) is 13.2 Å². The van der Waals surface area contributed by atoms with Gasteiger partial charge in [0.25, 0.3) is 15.9 Å². The summed E-state index contributed by atoms with van der Waals surface area (Å²) in [6.07, 6.45) is 1.53. The van der Waals surface area contributed by atoms with Crippen molar-refractivity contribution in [1.82, 2.24) is 9.99 Å². The maximum Gasteiger partial charge on any atom is 0.264 e. The number of aryl methyl sites for hydroxylation is 1. The van der Waals surface area contributed by atoms with Crippen LogP contribution in [0.15, 0.2) is 94.9 Å². The lowest BCUT2D eigenvalue weighted by Crippen LogP contribution is -2.39. The standard InChI is InChI=1S/C29H29ClN4O4S/c1-4-38-28-16-9-8-15-27(28)33(39(36,37)26-13-6-5-7-14-26)20-29(35)32-31-19-23-17-21(2)34(22(23)3)25-12-10-11-24(30)18-25/h5-19H,4,20H2,1-3H3,(H,32,35)/b31-19+. The third kappa shape index (κ3) is 6.32. The smallest absolute Gasteiger partial charge is 0.264 e. The summed E-state index contributed by atoms with van der Waals surface area (Å²) in [6, 6.07) is 24.1. The molecular formula is C29H29ClN4O4S. The van der Waals surface area contributed by atoms with Crippen molar-refractivity contribution in [3.8, 4) is 11.4 Å². The number of ether oxygens (including phenoxy) is 1. The lowest BCUT2D eigenvalue weighted by Gasteiger charge is -2.25. The van der Waals surface area contributed by atoms with Crippen LogP contribution in [0.1, 0.15) is 23.9 Å². The van der Waals surface area contributed by atoms with Crippen molar-refractivity contribution in [2.45, 2.75) is 25.7 Å². The highest BCUT2D eigenvalue weighted by atomic mass is 35.5. The molecule has 202 valence electrons. The highest BCUT2D eigenvalue weighted by Crippen LogP contribution is 2.32. The topological polar surface area (TPSA) is 93.0 Å². The Kier molecular flexibility index (Phi) is 8.73. The summed E-state index contributed by atoms with van der Waals surface area (Å²) >= 11 is 6.17. The van der Waals surface area contributed by atoms with Crippen molar-refractivity contribution in [3.63, 3.8) is 0 Å². The van der Waals surface area contributed by atoms with E-state index in [0.29, 0.717) is 17.4 Å². The Hall–Kier alpha value is -4.08. The summed E-state index contributed by atoms with van der Waals surface area (Å²) in [6.45, 7) is 5.54. The number of carbonyl (C=O) groups is 1. The van der Waals surface area contributed by atoms with Gasteiger partial charge in [-0.15, -0.1) is 0 Å². The maximum atomic E-state index is 13.6. The molecule has 8 nitrogen and oxygen atoms in total. The second kappa shape index (κ2) is 12.2. The number of para-hydroxylation sites is 2. The third-order valence-corrected chi connectivity index (χ3v) is 7.99. The lowest BCUT2D eigenvalue weighted by atomic mass is 10.2. The summed E-state index contributed by atoms with van der Waals surface area (Å²) in [5.74, 6) is -0.259. The van der Waals surface area contributed by atoms with E-state index >= 15 is 0 Å². The van der Waals surface area contributed by atoms with Gasteiger partial charge in [0.1, 0.15) is 12.3 Å². The number of rotatable bonds is 10. The Bertz CT molecular complexity index is 1600. The van der Waals surface area contributed by atoms with Crippen molar-refractivity contribution in [1.29, 1.82) is 0 Å². The van der Waals surface area contributed by atoms with Crippen LogP contribution in [0.25, 0.3) is 5.69 Å². The number of nitrogens with one attached hydrogen (secondary N) is 1. The first-order chi connectivity index (χ1) is 18.7. The first-order valence-corrected chi connectivity index (χ1v) is 14.1. The van der Waals surface area contributed by atoms with E-state index in [1.807, 2.05) is 48.7 Å². The van der Waals surface area contributed by atoms with Crippen LogP contribution >= 0.6 is 11.6 Å². The van der Waals surface area contributed by atoms with E-state index in [2.05, 4.69) is 10.5 Å². The summed E-state index contributed by atoms with van der Waals surface area (Å²) in [5, 5.41) is 4.74. The zero-order chi connectivity index (χ0) is 28.0. The van der Waals surface area contributed by atoms with Gasteiger partial charge in [0.2, 0.25) is 0 Å². The molecule has 0 atom stereocenters. The number of hydrogen-bond acceptors (Lipinski definition) is 5. The van der Waals surface area contributed by atoms with Crippen LogP contribution in [0, 0.1) is 13.8 Å². The number of amides is 1. The van der Waals surface area contributed by atoms with Crippen LogP contribution in [-0.4, -0.2) is 38.3 Å². The zero-order valence-electron chi connectivity index (χ0n) is 21.8. The predicted octanol–water partition coefficient (Wildman–Crippen LogP) is 5.49. The molecule has 0 aliphatic heterocycles. The van der Waals surface area contributed by atoms with Crippen molar-refractivity contribution in [2.24, 2.45) is 5.10 Å². The molecule has 0 aliphatic carbocycles. The number of anilines is 1. The van der Waals surface area contributed by atoms with Crippen molar-refractivity contribution in [2.75, 3.05) is 17.5 Å². The second-order valence-electron chi connectivity index (χ2n) is 8.66. The Morgan fingerprint density at radius 1 is 1.03 bits per heavy atom. The SMILES string of the molecule is CCOc1ccccc1N(CC(=O)N/N=C/c1cc(C)n(-c2cccc(Cl)c2)c1C)S(=O)(=O)c1ccccc1. The fourth-order valence-electron chi connectivity index (χ4n) is 4.23. The number of aromatic nitrogens is 1.